The highest BCUT2D eigenvalue weighted by atomic mass is 79.9. The van der Waals surface area contributed by atoms with E-state index in [1.165, 1.54) is 12.1 Å². The van der Waals surface area contributed by atoms with Crippen LogP contribution in [0.25, 0.3) is 0 Å². The van der Waals surface area contributed by atoms with Crippen LogP contribution in [0.15, 0.2) is 35.7 Å². The van der Waals surface area contributed by atoms with Crippen molar-refractivity contribution in [2.24, 2.45) is 0 Å². The quantitative estimate of drug-likeness (QED) is 0.603. The lowest BCUT2D eigenvalue weighted by molar-refractivity contribution is -0.138. The minimum absolute atomic E-state index is 0.0286. The number of rotatable bonds is 4. The van der Waals surface area contributed by atoms with Gasteiger partial charge in [-0.3, -0.25) is 0 Å². The van der Waals surface area contributed by atoms with Crippen molar-refractivity contribution in [2.75, 3.05) is 11.9 Å². The van der Waals surface area contributed by atoms with Crippen LogP contribution in [-0.4, -0.2) is 7.05 Å². The Labute approximate surface area is 134 Å². The van der Waals surface area contributed by atoms with Crippen LogP contribution in [0.4, 0.5) is 18.9 Å². The van der Waals surface area contributed by atoms with Crippen molar-refractivity contribution in [3.8, 4) is 0 Å². The third-order valence-corrected chi connectivity index (χ3v) is 5.13. The molecule has 2 aromatic rings. The molecule has 1 heterocycles. The van der Waals surface area contributed by atoms with Crippen molar-refractivity contribution in [3.05, 3.63) is 51.7 Å². The molecule has 114 valence electrons. The molecule has 0 aliphatic heterocycles. The molecule has 2 rings (SSSR count). The second-order valence-corrected chi connectivity index (χ2v) is 6.32. The third-order valence-electron chi connectivity index (χ3n) is 3.49. The fourth-order valence-corrected chi connectivity index (χ4v) is 3.42. The molecule has 21 heavy (non-hydrogen) atoms. The topological polar surface area (TPSA) is 3.24 Å². The molecule has 0 aliphatic carbocycles. The van der Waals surface area contributed by atoms with Crippen molar-refractivity contribution < 1.29 is 13.2 Å². The van der Waals surface area contributed by atoms with Crippen LogP contribution in [0.1, 0.15) is 29.0 Å². The van der Waals surface area contributed by atoms with Gasteiger partial charge in [0.2, 0.25) is 0 Å². The Kier molecular flexibility index (Phi) is 4.99. The van der Waals surface area contributed by atoms with Gasteiger partial charge in [-0.1, -0.05) is 28.1 Å². The van der Waals surface area contributed by atoms with Gasteiger partial charge in [-0.05, 0) is 36.1 Å². The van der Waals surface area contributed by atoms with Crippen molar-refractivity contribution in [1.29, 1.82) is 0 Å². The molecule has 1 nitrogen and oxygen atoms in total. The zero-order valence-electron chi connectivity index (χ0n) is 11.6. The minimum Gasteiger partial charge on any atom is -0.367 e. The Morgan fingerprint density at radius 1 is 1.29 bits per heavy atom. The second kappa shape index (κ2) is 6.40. The highest BCUT2D eigenvalue weighted by Gasteiger charge is 2.33. The van der Waals surface area contributed by atoms with Crippen LogP contribution in [-0.2, 0) is 11.5 Å². The average Bonchev–Trinajstić information content (AvgIpc) is 2.98. The maximum absolute atomic E-state index is 13.1. The van der Waals surface area contributed by atoms with E-state index in [0.717, 1.165) is 4.88 Å². The van der Waals surface area contributed by atoms with E-state index in [-0.39, 0.29) is 16.9 Å². The van der Waals surface area contributed by atoms with Gasteiger partial charge in [-0.2, -0.15) is 13.2 Å². The first-order valence-corrected chi connectivity index (χ1v) is 8.37. The molecule has 0 fully saturated rings. The highest BCUT2D eigenvalue weighted by Crippen LogP contribution is 2.37. The molecule has 0 saturated carbocycles. The monoisotopic (exact) mass is 377 g/mol. The van der Waals surface area contributed by atoms with Gasteiger partial charge in [0.1, 0.15) is 0 Å². The number of alkyl halides is 4. The van der Waals surface area contributed by atoms with E-state index in [0.29, 0.717) is 5.69 Å². The predicted octanol–water partition coefficient (Wildman–Crippen LogP) is 5.86. The summed E-state index contributed by atoms with van der Waals surface area (Å²) in [5.41, 5.74) is 0.235. The lowest BCUT2D eigenvalue weighted by atomic mass is 10.1. The summed E-state index contributed by atoms with van der Waals surface area (Å²) >= 11 is 4.71. The molecule has 0 amide bonds. The smallest absolute Gasteiger partial charge is 0.367 e. The Balaban J connectivity index is 2.36. The lowest BCUT2D eigenvalue weighted by Crippen LogP contribution is -2.21. The molecule has 0 bridgehead atoms. The lowest BCUT2D eigenvalue weighted by Gasteiger charge is -2.27. The number of hydrogen-bond donors (Lipinski definition) is 0. The van der Waals surface area contributed by atoms with E-state index in [4.69, 9.17) is 0 Å². The fourth-order valence-electron chi connectivity index (χ4n) is 2.11. The fraction of sp³-hybridized carbons (Fsp3) is 0.333. The highest BCUT2D eigenvalue weighted by molar-refractivity contribution is 9.08. The second-order valence-electron chi connectivity index (χ2n) is 4.78. The van der Waals surface area contributed by atoms with E-state index in [1.54, 1.807) is 17.4 Å². The van der Waals surface area contributed by atoms with Gasteiger partial charge in [0, 0.05) is 22.9 Å². The third kappa shape index (κ3) is 3.61. The van der Waals surface area contributed by atoms with Crippen molar-refractivity contribution in [2.45, 2.75) is 24.5 Å². The largest absolute Gasteiger partial charge is 0.416 e. The summed E-state index contributed by atoms with van der Waals surface area (Å²) in [6, 6.07) is 8.45. The molecule has 0 aliphatic rings. The summed E-state index contributed by atoms with van der Waals surface area (Å²) in [4.78, 5) is 2.98. The van der Waals surface area contributed by atoms with Crippen LogP contribution >= 0.6 is 27.3 Å². The average molecular weight is 378 g/mol. The van der Waals surface area contributed by atoms with Crippen LogP contribution < -0.4 is 4.90 Å². The summed E-state index contributed by atoms with van der Waals surface area (Å²) in [6.07, 6.45) is -4.34. The van der Waals surface area contributed by atoms with Gasteiger partial charge >= 0.3 is 6.18 Å². The number of thiophene rings is 1. The zero-order chi connectivity index (χ0) is 15.6. The standard InChI is InChI=1S/C15H15BrF3NS/c1-10(14-4-3-7-21-14)20(2)12-6-5-11(9-16)13(8-12)15(17,18)19/h3-8,10H,9H2,1-2H3. The normalized spacial score (nSPS) is 13.2. The van der Waals surface area contributed by atoms with Crippen molar-refractivity contribution in [1.82, 2.24) is 0 Å². The maximum atomic E-state index is 13.1. The number of hydrogen-bond acceptors (Lipinski definition) is 2. The number of benzene rings is 1. The number of halogens is 4. The molecule has 6 heteroatoms. The van der Waals surface area contributed by atoms with Crippen LogP contribution in [0.3, 0.4) is 0 Å². The first-order valence-electron chi connectivity index (χ1n) is 6.37. The summed E-state index contributed by atoms with van der Waals surface area (Å²) < 4.78 is 39.3. The molecule has 0 spiro atoms. The Morgan fingerprint density at radius 2 is 2.00 bits per heavy atom. The number of nitrogens with zero attached hydrogens (tertiary/aromatic N) is 1. The Bertz CT molecular complexity index is 595. The van der Waals surface area contributed by atoms with Gasteiger partial charge < -0.3 is 4.90 Å². The molecule has 1 aromatic carbocycles. The molecule has 1 aromatic heterocycles. The van der Waals surface area contributed by atoms with Crippen LogP contribution in [0, 0.1) is 0 Å². The van der Waals surface area contributed by atoms with E-state index < -0.39 is 11.7 Å². The van der Waals surface area contributed by atoms with Crippen molar-refractivity contribution >= 4 is 33.0 Å². The predicted molar refractivity (Wildman–Crippen MR) is 85.2 cm³/mol. The Morgan fingerprint density at radius 3 is 2.52 bits per heavy atom. The van der Waals surface area contributed by atoms with E-state index in [2.05, 4.69) is 15.9 Å². The van der Waals surface area contributed by atoms with Gasteiger partial charge in [-0.25, -0.2) is 0 Å². The number of anilines is 1. The van der Waals surface area contributed by atoms with Crippen LogP contribution in [0.5, 0.6) is 0 Å². The first kappa shape index (κ1) is 16.4. The van der Waals surface area contributed by atoms with E-state index >= 15 is 0 Å². The minimum atomic E-state index is -4.34. The molecule has 1 atom stereocenters. The van der Waals surface area contributed by atoms with Crippen molar-refractivity contribution in [3.63, 3.8) is 0 Å². The maximum Gasteiger partial charge on any atom is 0.416 e. The molecular weight excluding hydrogens is 363 g/mol. The molecule has 0 N–H and O–H groups in total. The summed E-state index contributed by atoms with van der Waals surface area (Å²) in [5.74, 6) is 0. The van der Waals surface area contributed by atoms with Gasteiger partial charge in [0.05, 0.1) is 11.6 Å². The zero-order valence-corrected chi connectivity index (χ0v) is 14.0. The summed E-state index contributed by atoms with van der Waals surface area (Å²) in [6.45, 7) is 1.98. The van der Waals surface area contributed by atoms with Gasteiger partial charge in [0.25, 0.3) is 0 Å². The van der Waals surface area contributed by atoms with E-state index in [9.17, 15) is 13.2 Å². The van der Waals surface area contributed by atoms with Gasteiger partial charge in [0.15, 0.2) is 0 Å². The first-order chi connectivity index (χ1) is 9.84. The van der Waals surface area contributed by atoms with Crippen LogP contribution in [0.2, 0.25) is 0 Å². The molecule has 0 saturated heterocycles. The molecule has 1 unspecified atom stereocenters. The molecule has 0 radical (unpaired) electrons. The summed E-state index contributed by atoms with van der Waals surface area (Å²) in [5, 5.41) is 2.15. The van der Waals surface area contributed by atoms with Gasteiger partial charge in [-0.15, -0.1) is 11.3 Å². The Hall–Kier alpha value is -1.01. The van der Waals surface area contributed by atoms with E-state index in [1.807, 2.05) is 36.4 Å². The summed E-state index contributed by atoms with van der Waals surface area (Å²) in [7, 11) is 1.81. The SMILES string of the molecule is CC(c1cccs1)N(C)c1ccc(CBr)c(C(F)(F)F)c1. The molecular formula is C15H15BrF3NS.